The van der Waals surface area contributed by atoms with E-state index >= 15 is 0 Å². The van der Waals surface area contributed by atoms with E-state index < -0.39 is 0 Å². The average molecular weight is 181 g/mol. The van der Waals surface area contributed by atoms with Crippen molar-refractivity contribution >= 4 is 5.91 Å². The maximum atomic E-state index is 11.4. The highest BCUT2D eigenvalue weighted by atomic mass is 16.2. The van der Waals surface area contributed by atoms with Crippen LogP contribution in [0, 0.1) is 5.92 Å². The van der Waals surface area contributed by atoms with Crippen molar-refractivity contribution in [3.05, 3.63) is 0 Å². The molecule has 1 spiro atoms. The maximum absolute atomic E-state index is 11.4. The Morgan fingerprint density at radius 2 is 2.08 bits per heavy atom. The standard InChI is InChI=1S/C11H19NO/c1-2-9-8-10(13)12-11(9)6-4-3-5-7-11/h9H,2-8H2,1H3,(H,12,13). The lowest BCUT2D eigenvalue weighted by Crippen LogP contribution is -2.47. The van der Waals surface area contributed by atoms with Crippen LogP contribution in [0.25, 0.3) is 0 Å². The zero-order valence-electron chi connectivity index (χ0n) is 8.44. The SMILES string of the molecule is CCC1CC(=O)NC12CCCCC2. The second-order valence-corrected chi connectivity index (χ2v) is 4.57. The van der Waals surface area contributed by atoms with E-state index in [0.29, 0.717) is 5.92 Å². The van der Waals surface area contributed by atoms with Gasteiger partial charge in [-0.25, -0.2) is 0 Å². The molecule has 1 N–H and O–H groups in total. The Balaban J connectivity index is 2.13. The smallest absolute Gasteiger partial charge is 0.220 e. The predicted octanol–water partition coefficient (Wildman–Crippen LogP) is 2.24. The summed E-state index contributed by atoms with van der Waals surface area (Å²) >= 11 is 0. The number of carbonyl (C=O) groups excluding carboxylic acids is 1. The lowest BCUT2D eigenvalue weighted by atomic mass is 9.73. The quantitative estimate of drug-likeness (QED) is 0.660. The molecule has 0 aromatic rings. The summed E-state index contributed by atoms with van der Waals surface area (Å²) in [6, 6.07) is 0. The molecule has 0 bridgehead atoms. The third-order valence-corrected chi connectivity index (χ3v) is 3.84. The van der Waals surface area contributed by atoms with Crippen molar-refractivity contribution < 1.29 is 4.79 Å². The van der Waals surface area contributed by atoms with Crippen molar-refractivity contribution in [1.29, 1.82) is 0 Å². The lowest BCUT2D eigenvalue weighted by molar-refractivity contribution is -0.120. The summed E-state index contributed by atoms with van der Waals surface area (Å²) in [7, 11) is 0. The van der Waals surface area contributed by atoms with Gasteiger partial charge in [0.25, 0.3) is 0 Å². The zero-order valence-corrected chi connectivity index (χ0v) is 8.44. The van der Waals surface area contributed by atoms with Crippen LogP contribution in [-0.2, 0) is 4.79 Å². The molecule has 2 rings (SSSR count). The van der Waals surface area contributed by atoms with Crippen molar-refractivity contribution in [2.75, 3.05) is 0 Å². The van der Waals surface area contributed by atoms with Gasteiger partial charge in [-0.15, -0.1) is 0 Å². The highest BCUT2D eigenvalue weighted by Crippen LogP contribution is 2.41. The molecule has 2 nitrogen and oxygen atoms in total. The minimum atomic E-state index is 0.212. The van der Waals surface area contributed by atoms with Crippen LogP contribution >= 0.6 is 0 Å². The normalized spacial score (nSPS) is 32.1. The van der Waals surface area contributed by atoms with Crippen LogP contribution in [-0.4, -0.2) is 11.4 Å². The molecule has 0 aromatic heterocycles. The molecule has 1 aliphatic heterocycles. The number of nitrogens with one attached hydrogen (secondary N) is 1. The Morgan fingerprint density at radius 1 is 1.38 bits per heavy atom. The minimum absolute atomic E-state index is 0.212. The molecule has 0 aromatic carbocycles. The third kappa shape index (κ3) is 1.47. The maximum Gasteiger partial charge on any atom is 0.220 e. The van der Waals surface area contributed by atoms with Gasteiger partial charge in [-0.1, -0.05) is 32.6 Å². The van der Waals surface area contributed by atoms with Gasteiger partial charge in [0.15, 0.2) is 0 Å². The molecule has 1 unspecified atom stereocenters. The molecule has 74 valence electrons. The Bertz CT molecular complexity index is 206. The number of amides is 1. The molecule has 2 aliphatic rings. The van der Waals surface area contributed by atoms with Crippen molar-refractivity contribution in [3.8, 4) is 0 Å². The Kier molecular flexibility index (Phi) is 2.31. The highest BCUT2D eigenvalue weighted by molar-refractivity contribution is 5.80. The van der Waals surface area contributed by atoms with E-state index in [0.717, 1.165) is 12.8 Å². The molecule has 0 radical (unpaired) electrons. The number of hydrogen-bond donors (Lipinski definition) is 1. The summed E-state index contributed by atoms with van der Waals surface area (Å²) < 4.78 is 0. The first-order valence-corrected chi connectivity index (χ1v) is 5.58. The van der Waals surface area contributed by atoms with Crippen LogP contribution in [0.3, 0.4) is 0 Å². The Labute approximate surface area is 80.1 Å². The van der Waals surface area contributed by atoms with E-state index in [4.69, 9.17) is 0 Å². The van der Waals surface area contributed by atoms with E-state index in [2.05, 4.69) is 12.2 Å². The summed E-state index contributed by atoms with van der Waals surface area (Å²) in [5, 5.41) is 3.23. The van der Waals surface area contributed by atoms with Crippen LogP contribution in [0.2, 0.25) is 0 Å². The Morgan fingerprint density at radius 3 is 2.69 bits per heavy atom. The molecule has 1 saturated carbocycles. The first kappa shape index (κ1) is 9.04. The van der Waals surface area contributed by atoms with Gasteiger partial charge in [0, 0.05) is 12.0 Å². The fraction of sp³-hybridized carbons (Fsp3) is 0.909. The number of carbonyl (C=O) groups is 1. The fourth-order valence-electron chi connectivity index (χ4n) is 3.10. The van der Waals surface area contributed by atoms with Crippen LogP contribution in [0.4, 0.5) is 0 Å². The molecule has 1 saturated heterocycles. The van der Waals surface area contributed by atoms with Gasteiger partial charge in [-0.05, 0) is 18.8 Å². The van der Waals surface area contributed by atoms with Crippen LogP contribution in [0.1, 0.15) is 51.9 Å². The third-order valence-electron chi connectivity index (χ3n) is 3.84. The second kappa shape index (κ2) is 3.32. The van der Waals surface area contributed by atoms with E-state index in [-0.39, 0.29) is 11.4 Å². The molecule has 2 heteroatoms. The fourth-order valence-corrected chi connectivity index (χ4v) is 3.10. The van der Waals surface area contributed by atoms with Crippen LogP contribution in [0.5, 0.6) is 0 Å². The summed E-state index contributed by atoms with van der Waals surface area (Å²) in [4.78, 5) is 11.4. The first-order chi connectivity index (χ1) is 6.27. The molecule has 1 amide bonds. The molecular weight excluding hydrogens is 162 g/mol. The predicted molar refractivity (Wildman–Crippen MR) is 52.4 cm³/mol. The first-order valence-electron chi connectivity index (χ1n) is 5.58. The summed E-state index contributed by atoms with van der Waals surface area (Å²) in [5.41, 5.74) is 0.212. The van der Waals surface area contributed by atoms with Crippen molar-refractivity contribution in [3.63, 3.8) is 0 Å². The van der Waals surface area contributed by atoms with Crippen molar-refractivity contribution in [2.45, 2.75) is 57.4 Å². The van der Waals surface area contributed by atoms with Gasteiger partial charge in [-0.3, -0.25) is 4.79 Å². The van der Waals surface area contributed by atoms with Crippen molar-refractivity contribution in [2.24, 2.45) is 5.92 Å². The van der Waals surface area contributed by atoms with Crippen LogP contribution in [0.15, 0.2) is 0 Å². The second-order valence-electron chi connectivity index (χ2n) is 4.57. The zero-order chi connectivity index (χ0) is 9.31. The highest BCUT2D eigenvalue weighted by Gasteiger charge is 2.45. The van der Waals surface area contributed by atoms with Gasteiger partial charge in [0.05, 0.1) is 0 Å². The topological polar surface area (TPSA) is 29.1 Å². The molecule has 2 fully saturated rings. The van der Waals surface area contributed by atoms with Crippen molar-refractivity contribution in [1.82, 2.24) is 5.32 Å². The van der Waals surface area contributed by atoms with E-state index in [1.54, 1.807) is 0 Å². The number of hydrogen-bond acceptors (Lipinski definition) is 1. The minimum Gasteiger partial charge on any atom is -0.350 e. The summed E-state index contributed by atoms with van der Waals surface area (Å²) in [6.45, 7) is 2.21. The summed E-state index contributed by atoms with van der Waals surface area (Å²) in [5.74, 6) is 0.897. The Hall–Kier alpha value is -0.530. The molecule has 1 heterocycles. The van der Waals surface area contributed by atoms with E-state index in [1.165, 1.54) is 32.1 Å². The number of rotatable bonds is 1. The average Bonchev–Trinajstić information content (AvgIpc) is 2.43. The van der Waals surface area contributed by atoms with Gasteiger partial charge in [-0.2, -0.15) is 0 Å². The monoisotopic (exact) mass is 181 g/mol. The van der Waals surface area contributed by atoms with Gasteiger partial charge >= 0.3 is 0 Å². The molecule has 1 atom stereocenters. The summed E-state index contributed by atoms with van der Waals surface area (Å²) in [6.07, 6.45) is 8.32. The van der Waals surface area contributed by atoms with Gasteiger partial charge < -0.3 is 5.32 Å². The van der Waals surface area contributed by atoms with E-state index in [1.807, 2.05) is 0 Å². The lowest BCUT2D eigenvalue weighted by Gasteiger charge is -2.38. The molecule has 1 aliphatic carbocycles. The van der Waals surface area contributed by atoms with Crippen LogP contribution < -0.4 is 5.32 Å². The molecular formula is C11H19NO. The van der Waals surface area contributed by atoms with Gasteiger partial charge in [0.1, 0.15) is 0 Å². The van der Waals surface area contributed by atoms with E-state index in [9.17, 15) is 4.79 Å². The van der Waals surface area contributed by atoms with Gasteiger partial charge in [0.2, 0.25) is 5.91 Å². The molecule has 13 heavy (non-hydrogen) atoms. The largest absolute Gasteiger partial charge is 0.350 e.